The van der Waals surface area contributed by atoms with Gasteiger partial charge in [-0.2, -0.15) is 0 Å². The molecule has 0 aromatic rings. The van der Waals surface area contributed by atoms with E-state index < -0.39 is 0 Å². The molecule has 0 spiro atoms. The average Bonchev–Trinajstić information content (AvgIpc) is 3.14. The zero-order chi connectivity index (χ0) is 13.2. The molecule has 4 heteroatoms. The summed E-state index contributed by atoms with van der Waals surface area (Å²) in [5.41, 5.74) is 0. The third-order valence-electron chi connectivity index (χ3n) is 4.56. The predicted molar refractivity (Wildman–Crippen MR) is 70.4 cm³/mol. The van der Waals surface area contributed by atoms with Crippen molar-refractivity contribution in [1.82, 2.24) is 4.90 Å². The summed E-state index contributed by atoms with van der Waals surface area (Å²) in [4.78, 5) is 25.8. The molecule has 1 aliphatic heterocycles. The molecular weight excluding hydrogens is 242 g/mol. The van der Waals surface area contributed by atoms with Gasteiger partial charge in [0.25, 0.3) is 0 Å². The van der Waals surface area contributed by atoms with E-state index in [0.29, 0.717) is 18.9 Å². The topological polar surface area (TPSA) is 46.6 Å². The molecule has 1 atom stereocenters. The Morgan fingerprint density at radius 3 is 2.58 bits per heavy atom. The van der Waals surface area contributed by atoms with Gasteiger partial charge >= 0.3 is 5.97 Å². The van der Waals surface area contributed by atoms with Crippen molar-refractivity contribution in [2.45, 2.75) is 57.5 Å². The van der Waals surface area contributed by atoms with E-state index in [4.69, 9.17) is 4.74 Å². The monoisotopic (exact) mass is 265 g/mol. The number of hydrogen-bond donors (Lipinski definition) is 0. The van der Waals surface area contributed by atoms with Gasteiger partial charge in [0.1, 0.15) is 6.10 Å². The van der Waals surface area contributed by atoms with Crippen LogP contribution in [0.4, 0.5) is 0 Å². The van der Waals surface area contributed by atoms with Gasteiger partial charge in [-0.3, -0.25) is 9.59 Å². The van der Waals surface area contributed by atoms with Gasteiger partial charge in [0.05, 0.1) is 5.92 Å². The van der Waals surface area contributed by atoms with Crippen LogP contribution in [0.5, 0.6) is 0 Å². The third-order valence-corrected chi connectivity index (χ3v) is 4.56. The van der Waals surface area contributed by atoms with E-state index in [2.05, 4.69) is 0 Å². The minimum absolute atomic E-state index is 0.105. The minimum Gasteiger partial charge on any atom is -0.462 e. The number of carbonyl (C=O) groups excluding carboxylic acids is 2. The van der Waals surface area contributed by atoms with Crippen LogP contribution in [0.25, 0.3) is 0 Å². The molecule has 19 heavy (non-hydrogen) atoms. The summed E-state index contributed by atoms with van der Waals surface area (Å²) in [7, 11) is 0. The molecule has 4 nitrogen and oxygen atoms in total. The second-order valence-corrected chi connectivity index (χ2v) is 6.34. The van der Waals surface area contributed by atoms with Crippen molar-refractivity contribution < 1.29 is 14.3 Å². The molecule has 106 valence electrons. The maximum atomic E-state index is 12.1. The van der Waals surface area contributed by atoms with Crippen molar-refractivity contribution in [3.63, 3.8) is 0 Å². The molecule has 2 saturated carbocycles. The normalized spacial score (nSPS) is 28.7. The quantitative estimate of drug-likeness (QED) is 0.731. The van der Waals surface area contributed by atoms with Crippen LogP contribution in [0.1, 0.15) is 51.4 Å². The molecule has 1 unspecified atom stereocenters. The van der Waals surface area contributed by atoms with Gasteiger partial charge < -0.3 is 9.64 Å². The molecule has 1 heterocycles. The van der Waals surface area contributed by atoms with Gasteiger partial charge in [0.15, 0.2) is 0 Å². The average molecular weight is 265 g/mol. The Hall–Kier alpha value is -1.06. The van der Waals surface area contributed by atoms with E-state index in [1.165, 1.54) is 19.3 Å². The standard InChI is InChI=1S/C15H23NO3/c17-14-8-12(10-16(14)9-11-6-7-11)15(18)19-13-4-2-1-3-5-13/h11-13H,1-10H2. The largest absolute Gasteiger partial charge is 0.462 e. The van der Waals surface area contributed by atoms with Gasteiger partial charge in [-0.25, -0.2) is 0 Å². The fourth-order valence-corrected chi connectivity index (χ4v) is 3.16. The van der Waals surface area contributed by atoms with E-state index in [1.54, 1.807) is 0 Å². The molecule has 0 N–H and O–H groups in total. The molecule has 0 aromatic carbocycles. The lowest BCUT2D eigenvalue weighted by Gasteiger charge is -2.23. The molecule has 0 bridgehead atoms. The smallest absolute Gasteiger partial charge is 0.311 e. The van der Waals surface area contributed by atoms with E-state index >= 15 is 0 Å². The number of hydrogen-bond acceptors (Lipinski definition) is 3. The van der Waals surface area contributed by atoms with Crippen molar-refractivity contribution in [2.24, 2.45) is 11.8 Å². The summed E-state index contributed by atoms with van der Waals surface area (Å²) >= 11 is 0. The first-order valence-corrected chi connectivity index (χ1v) is 7.70. The zero-order valence-electron chi connectivity index (χ0n) is 11.5. The summed E-state index contributed by atoms with van der Waals surface area (Å²) in [6.45, 7) is 1.44. The highest BCUT2D eigenvalue weighted by Crippen LogP contribution is 2.32. The van der Waals surface area contributed by atoms with Gasteiger partial charge in [-0.1, -0.05) is 6.42 Å². The van der Waals surface area contributed by atoms with Gasteiger partial charge in [-0.15, -0.1) is 0 Å². The second-order valence-electron chi connectivity index (χ2n) is 6.34. The van der Waals surface area contributed by atoms with Gasteiger partial charge in [-0.05, 0) is 44.4 Å². The molecule has 1 amide bonds. The summed E-state index contributed by atoms with van der Waals surface area (Å²) in [5.74, 6) is 0.473. The Bertz CT molecular complexity index is 358. The van der Waals surface area contributed by atoms with Crippen LogP contribution in [-0.4, -0.2) is 36.0 Å². The number of ether oxygens (including phenoxy) is 1. The maximum absolute atomic E-state index is 12.1. The van der Waals surface area contributed by atoms with Gasteiger partial charge in [0.2, 0.25) is 5.91 Å². The fourth-order valence-electron chi connectivity index (χ4n) is 3.16. The van der Waals surface area contributed by atoms with Crippen molar-refractivity contribution in [3.05, 3.63) is 0 Å². The Morgan fingerprint density at radius 2 is 1.89 bits per heavy atom. The molecule has 0 aromatic heterocycles. The third kappa shape index (κ3) is 3.28. The number of amides is 1. The minimum atomic E-state index is -0.215. The zero-order valence-corrected chi connectivity index (χ0v) is 11.5. The summed E-state index contributed by atoms with van der Waals surface area (Å²) < 4.78 is 5.57. The van der Waals surface area contributed by atoms with E-state index in [9.17, 15) is 9.59 Å². The number of likely N-dealkylation sites (tertiary alicyclic amines) is 1. The Morgan fingerprint density at radius 1 is 1.16 bits per heavy atom. The van der Waals surface area contributed by atoms with E-state index in [-0.39, 0.29) is 23.9 Å². The van der Waals surface area contributed by atoms with Gasteiger partial charge in [0, 0.05) is 19.5 Å². The molecule has 1 saturated heterocycles. The Balaban J connectivity index is 1.48. The number of carbonyl (C=O) groups is 2. The summed E-state index contributed by atoms with van der Waals surface area (Å²) in [6.07, 6.45) is 8.51. The highest BCUT2D eigenvalue weighted by atomic mass is 16.5. The lowest BCUT2D eigenvalue weighted by Crippen LogP contribution is -2.30. The van der Waals surface area contributed by atoms with Crippen molar-refractivity contribution in [1.29, 1.82) is 0 Å². The van der Waals surface area contributed by atoms with Crippen LogP contribution < -0.4 is 0 Å². The first-order valence-electron chi connectivity index (χ1n) is 7.70. The lowest BCUT2D eigenvalue weighted by atomic mass is 9.97. The summed E-state index contributed by atoms with van der Waals surface area (Å²) in [6, 6.07) is 0. The first kappa shape index (κ1) is 12.9. The highest BCUT2D eigenvalue weighted by Gasteiger charge is 2.38. The van der Waals surface area contributed by atoms with Crippen LogP contribution in [-0.2, 0) is 14.3 Å². The Labute approximate surface area is 114 Å². The van der Waals surface area contributed by atoms with Crippen LogP contribution in [0.2, 0.25) is 0 Å². The molecule has 3 fully saturated rings. The van der Waals surface area contributed by atoms with Crippen LogP contribution in [0.3, 0.4) is 0 Å². The number of rotatable bonds is 4. The lowest BCUT2D eigenvalue weighted by molar-refractivity contribution is -0.155. The molecule has 0 radical (unpaired) electrons. The van der Waals surface area contributed by atoms with E-state index in [0.717, 1.165) is 32.2 Å². The SMILES string of the molecule is O=C(OC1CCCCC1)C1CC(=O)N(CC2CC2)C1. The predicted octanol–water partition coefficient (Wildman–Crippen LogP) is 2.12. The van der Waals surface area contributed by atoms with Crippen molar-refractivity contribution in [3.8, 4) is 0 Å². The van der Waals surface area contributed by atoms with Crippen molar-refractivity contribution >= 4 is 11.9 Å². The number of nitrogens with zero attached hydrogens (tertiary/aromatic N) is 1. The highest BCUT2D eigenvalue weighted by molar-refractivity contribution is 5.86. The number of esters is 1. The fraction of sp³-hybridized carbons (Fsp3) is 0.867. The van der Waals surface area contributed by atoms with Crippen LogP contribution >= 0.6 is 0 Å². The maximum Gasteiger partial charge on any atom is 0.311 e. The van der Waals surface area contributed by atoms with E-state index in [1.807, 2.05) is 4.90 Å². The molecule has 3 aliphatic rings. The molecular formula is C15H23NO3. The van der Waals surface area contributed by atoms with Crippen molar-refractivity contribution in [2.75, 3.05) is 13.1 Å². The van der Waals surface area contributed by atoms with Crippen LogP contribution in [0, 0.1) is 11.8 Å². The molecule has 3 rings (SSSR count). The Kier molecular flexibility index (Phi) is 3.76. The first-order chi connectivity index (χ1) is 9.22. The molecule has 2 aliphatic carbocycles. The van der Waals surface area contributed by atoms with Crippen LogP contribution in [0.15, 0.2) is 0 Å². The summed E-state index contributed by atoms with van der Waals surface area (Å²) in [5, 5.41) is 0. The second kappa shape index (κ2) is 5.51.